The maximum Gasteiger partial charge on any atom is 0.408 e. The van der Waals surface area contributed by atoms with E-state index in [1.54, 1.807) is 65.8 Å². The van der Waals surface area contributed by atoms with Crippen LogP contribution in [-0.2, 0) is 29.1 Å². The number of benzene rings is 1. The van der Waals surface area contributed by atoms with E-state index in [-0.39, 0.29) is 30.4 Å². The number of hydrogen-bond acceptors (Lipinski definition) is 10. The molecular formula is C33H45ClN6O8S. The maximum absolute atomic E-state index is 14.4. The van der Waals surface area contributed by atoms with Gasteiger partial charge in [-0.3, -0.25) is 19.1 Å². The molecule has 1 saturated carbocycles. The number of rotatable bonds is 11. The Bertz CT molecular complexity index is 1740. The minimum Gasteiger partial charge on any atom is -0.471 e. The van der Waals surface area contributed by atoms with Gasteiger partial charge >= 0.3 is 6.09 Å². The molecule has 4 atom stereocenters. The van der Waals surface area contributed by atoms with Crippen molar-refractivity contribution in [1.82, 2.24) is 30.5 Å². The highest BCUT2D eigenvalue weighted by atomic mass is 35.5. The quantitative estimate of drug-likeness (QED) is 0.290. The summed E-state index contributed by atoms with van der Waals surface area (Å²) < 4.78 is 39.0. The molecule has 2 heterocycles. The Hall–Kier alpha value is -3.98. The first kappa shape index (κ1) is 37.8. The van der Waals surface area contributed by atoms with Crippen LogP contribution in [0.3, 0.4) is 0 Å². The first-order valence-electron chi connectivity index (χ1n) is 16.0. The molecule has 0 bridgehead atoms. The molecule has 14 nitrogen and oxygen atoms in total. The van der Waals surface area contributed by atoms with Crippen LogP contribution in [0.1, 0.15) is 74.1 Å². The lowest BCUT2D eigenvalue weighted by Crippen LogP contribution is -2.62. The molecule has 2 aromatic rings. The van der Waals surface area contributed by atoms with Gasteiger partial charge in [0, 0.05) is 17.2 Å². The zero-order valence-electron chi connectivity index (χ0n) is 28.8. The summed E-state index contributed by atoms with van der Waals surface area (Å²) in [6, 6.07) is 4.73. The fraction of sp³-hybridized carbons (Fsp3) is 0.576. The first-order valence-corrected chi connectivity index (χ1v) is 17.9. The number of halogens is 1. The van der Waals surface area contributed by atoms with Gasteiger partial charge in [0.25, 0.3) is 5.91 Å². The van der Waals surface area contributed by atoms with Crippen LogP contribution in [0.5, 0.6) is 5.88 Å². The van der Waals surface area contributed by atoms with E-state index in [4.69, 9.17) is 21.1 Å². The van der Waals surface area contributed by atoms with Crippen molar-refractivity contribution in [2.24, 2.45) is 5.41 Å². The third kappa shape index (κ3) is 9.18. The molecule has 0 radical (unpaired) electrons. The molecule has 1 saturated heterocycles. The number of hydrogen-bond donors (Lipinski definition) is 3. The number of sulfonamides is 1. The van der Waals surface area contributed by atoms with E-state index in [9.17, 15) is 27.6 Å². The molecule has 49 heavy (non-hydrogen) atoms. The molecule has 2 aliphatic rings. The van der Waals surface area contributed by atoms with Crippen LogP contribution in [0.25, 0.3) is 10.8 Å². The Kier molecular flexibility index (Phi) is 10.9. The molecule has 268 valence electrons. The Morgan fingerprint density at radius 2 is 1.69 bits per heavy atom. The second-order valence-electron chi connectivity index (χ2n) is 14.8. The number of nitrogens with one attached hydrogen (secondary N) is 3. The highest BCUT2D eigenvalue weighted by Gasteiger charge is 2.49. The Morgan fingerprint density at radius 3 is 2.27 bits per heavy atom. The number of alkyl carbamates (subject to hydrolysis) is 1. The lowest BCUT2D eigenvalue weighted by atomic mass is 9.85. The summed E-state index contributed by atoms with van der Waals surface area (Å²) >= 11 is 6.25. The van der Waals surface area contributed by atoms with Crippen LogP contribution in [0.4, 0.5) is 4.79 Å². The smallest absolute Gasteiger partial charge is 0.408 e. The molecule has 1 aromatic heterocycles. The van der Waals surface area contributed by atoms with E-state index in [1.165, 1.54) is 17.9 Å². The SMILES string of the molecule is C=CC[C@](C)(NC(=O)[C@@H]1C[C@@H](Oc2nnc(Cl)c3ccccc23)CN1C(=O)[C@@H](NC(=O)OC(C)(C)C)C(C)(C)C)C(=O)NS(=O)(=O)C1CC1. The van der Waals surface area contributed by atoms with Crippen LogP contribution in [0.15, 0.2) is 36.9 Å². The van der Waals surface area contributed by atoms with Crippen molar-refractivity contribution < 1.29 is 37.1 Å². The van der Waals surface area contributed by atoms with Crippen molar-refractivity contribution in [2.75, 3.05) is 6.54 Å². The highest BCUT2D eigenvalue weighted by Crippen LogP contribution is 2.33. The Labute approximate surface area is 291 Å². The van der Waals surface area contributed by atoms with E-state index >= 15 is 0 Å². The molecule has 1 aliphatic carbocycles. The van der Waals surface area contributed by atoms with Gasteiger partial charge in [0.05, 0.1) is 11.8 Å². The van der Waals surface area contributed by atoms with Crippen molar-refractivity contribution in [3.8, 4) is 5.88 Å². The maximum atomic E-state index is 14.4. The van der Waals surface area contributed by atoms with E-state index < -0.39 is 73.8 Å². The average Bonchev–Trinajstić information content (AvgIpc) is 3.77. The third-order valence-electron chi connectivity index (χ3n) is 8.16. The molecule has 16 heteroatoms. The number of carbonyl (C=O) groups excluding carboxylic acids is 4. The summed E-state index contributed by atoms with van der Waals surface area (Å²) in [7, 11) is -3.93. The highest BCUT2D eigenvalue weighted by molar-refractivity contribution is 7.91. The second kappa shape index (κ2) is 14.1. The van der Waals surface area contributed by atoms with E-state index in [0.29, 0.717) is 23.6 Å². The van der Waals surface area contributed by atoms with Gasteiger partial charge < -0.3 is 25.0 Å². The van der Waals surface area contributed by atoms with Crippen LogP contribution < -0.4 is 20.1 Å². The normalized spacial score (nSPS) is 20.1. The van der Waals surface area contributed by atoms with E-state index in [1.807, 2.05) is 0 Å². The predicted molar refractivity (Wildman–Crippen MR) is 183 cm³/mol. The first-order chi connectivity index (χ1) is 22.6. The number of carbonyl (C=O) groups is 4. The molecule has 0 spiro atoms. The molecule has 4 rings (SSSR count). The molecule has 1 aromatic carbocycles. The van der Waals surface area contributed by atoms with Gasteiger partial charge in [-0.05, 0) is 58.4 Å². The summed E-state index contributed by atoms with van der Waals surface area (Å²) in [5.41, 5.74) is -3.40. The van der Waals surface area contributed by atoms with Gasteiger partial charge in [-0.25, -0.2) is 13.2 Å². The van der Waals surface area contributed by atoms with Crippen LogP contribution in [0.2, 0.25) is 5.15 Å². The topological polar surface area (TPSA) is 186 Å². The number of aromatic nitrogens is 2. The van der Waals surface area contributed by atoms with E-state index in [2.05, 4.69) is 32.1 Å². The third-order valence-corrected chi connectivity index (χ3v) is 10.3. The van der Waals surface area contributed by atoms with Gasteiger partial charge in [-0.15, -0.1) is 16.8 Å². The second-order valence-corrected chi connectivity index (χ2v) is 17.1. The molecule has 2 fully saturated rings. The molecule has 3 N–H and O–H groups in total. The lowest BCUT2D eigenvalue weighted by molar-refractivity contribution is -0.143. The van der Waals surface area contributed by atoms with Crippen LogP contribution in [0, 0.1) is 5.41 Å². The van der Waals surface area contributed by atoms with Crippen LogP contribution >= 0.6 is 11.6 Å². The fourth-order valence-corrected chi connectivity index (χ4v) is 7.06. The largest absolute Gasteiger partial charge is 0.471 e. The number of ether oxygens (including phenoxy) is 2. The standard InChI is InChI=1S/C33H45ClN6O8S/c1-9-16-33(8,29(43)39-49(45,46)20-14-15-20)36-26(41)23-17-19(47-27-22-13-11-10-12-21(22)25(34)37-38-27)18-40(23)28(42)24(31(2,3)4)35-30(44)48-32(5,6)7/h9-13,19-20,23-24H,1,14-18H2,2-8H3,(H,35,44)(H,36,41)(H,39,43)/t19-,23+,24-,33+/m1/s1. The van der Waals surface area contributed by atoms with Gasteiger partial charge in [0.2, 0.25) is 27.7 Å². The number of likely N-dealkylation sites (tertiary alicyclic amines) is 1. The monoisotopic (exact) mass is 720 g/mol. The lowest BCUT2D eigenvalue weighted by Gasteiger charge is -2.36. The minimum absolute atomic E-state index is 0.0360. The van der Waals surface area contributed by atoms with Gasteiger partial charge in [-0.2, -0.15) is 0 Å². The summed E-state index contributed by atoms with van der Waals surface area (Å²) in [5, 5.41) is 14.1. The van der Waals surface area contributed by atoms with Gasteiger partial charge in [0.1, 0.15) is 29.3 Å². The van der Waals surface area contributed by atoms with Crippen molar-refractivity contribution in [2.45, 2.75) is 109 Å². The fourth-order valence-electron chi connectivity index (χ4n) is 5.45. The molecule has 0 unspecified atom stereocenters. The molecule has 1 aliphatic heterocycles. The molecular weight excluding hydrogens is 676 g/mol. The van der Waals surface area contributed by atoms with Crippen molar-refractivity contribution in [3.63, 3.8) is 0 Å². The van der Waals surface area contributed by atoms with Crippen molar-refractivity contribution in [3.05, 3.63) is 42.1 Å². The zero-order valence-corrected chi connectivity index (χ0v) is 30.4. The average molecular weight is 721 g/mol. The van der Waals surface area contributed by atoms with Crippen molar-refractivity contribution >= 4 is 56.2 Å². The van der Waals surface area contributed by atoms with Crippen LogP contribution in [-0.4, -0.2) is 88.5 Å². The minimum atomic E-state index is -3.93. The predicted octanol–water partition coefficient (Wildman–Crippen LogP) is 3.63. The number of amides is 4. The summed E-state index contributed by atoms with van der Waals surface area (Å²) in [5.74, 6) is -2.13. The Balaban J connectivity index is 1.67. The van der Waals surface area contributed by atoms with Crippen molar-refractivity contribution in [1.29, 1.82) is 0 Å². The Morgan fingerprint density at radius 1 is 1.06 bits per heavy atom. The summed E-state index contributed by atoms with van der Waals surface area (Å²) in [4.78, 5) is 56.0. The van der Waals surface area contributed by atoms with Gasteiger partial charge in [0.15, 0.2) is 5.15 Å². The van der Waals surface area contributed by atoms with Gasteiger partial charge in [-0.1, -0.05) is 56.6 Å². The zero-order chi connectivity index (χ0) is 36.5. The van der Waals surface area contributed by atoms with E-state index in [0.717, 1.165) is 0 Å². The summed E-state index contributed by atoms with van der Waals surface area (Å²) in [6.45, 7) is 15.3. The summed E-state index contributed by atoms with van der Waals surface area (Å²) in [6.07, 6.45) is 0.520. The number of fused-ring (bicyclic) bond motifs is 1. The molecule has 4 amide bonds. The number of nitrogens with zero attached hydrogens (tertiary/aromatic N) is 3.